The quantitative estimate of drug-likeness (QED) is 0.392. The number of hydrogen-bond donors (Lipinski definition) is 1. The van der Waals surface area contributed by atoms with Gasteiger partial charge in [-0.15, -0.1) is 0 Å². The number of aryl methyl sites for hydroxylation is 1. The molecule has 0 saturated heterocycles. The van der Waals surface area contributed by atoms with Crippen molar-refractivity contribution < 1.29 is 19.1 Å². The molecule has 0 aliphatic rings. The van der Waals surface area contributed by atoms with Crippen LogP contribution in [0.25, 0.3) is 0 Å². The molecule has 3 rings (SSSR count). The van der Waals surface area contributed by atoms with Gasteiger partial charge in [-0.1, -0.05) is 67.1 Å². The molecule has 0 saturated carbocycles. The smallest absolute Gasteiger partial charge is 0.261 e. The molecule has 6 nitrogen and oxygen atoms in total. The first-order valence-corrected chi connectivity index (χ1v) is 12.4. The molecule has 190 valence electrons. The maximum Gasteiger partial charge on any atom is 0.261 e. The molecule has 36 heavy (non-hydrogen) atoms. The molecule has 0 bridgehead atoms. The van der Waals surface area contributed by atoms with Crippen LogP contribution < -0.4 is 14.8 Å². The van der Waals surface area contributed by atoms with E-state index in [2.05, 4.69) is 5.32 Å². The van der Waals surface area contributed by atoms with Crippen LogP contribution in [0.3, 0.4) is 0 Å². The summed E-state index contributed by atoms with van der Waals surface area (Å²) in [4.78, 5) is 28.8. The molecule has 0 aliphatic heterocycles. The van der Waals surface area contributed by atoms with E-state index < -0.39 is 6.04 Å². The number of ether oxygens (including phenoxy) is 2. The van der Waals surface area contributed by atoms with E-state index in [1.807, 2.05) is 75.4 Å². The number of methoxy groups -OCH3 is 1. The van der Waals surface area contributed by atoms with Crippen molar-refractivity contribution in [2.24, 2.45) is 0 Å². The highest BCUT2D eigenvalue weighted by atomic mass is 16.5. The van der Waals surface area contributed by atoms with E-state index in [0.717, 1.165) is 23.1 Å². The molecule has 0 aliphatic carbocycles. The molecule has 2 atom stereocenters. The van der Waals surface area contributed by atoms with Gasteiger partial charge in [-0.2, -0.15) is 0 Å². The highest BCUT2D eigenvalue weighted by Crippen LogP contribution is 2.19. The summed E-state index contributed by atoms with van der Waals surface area (Å²) in [6.07, 6.45) is 1.21. The fourth-order valence-electron chi connectivity index (χ4n) is 3.90. The van der Waals surface area contributed by atoms with Gasteiger partial charge in [0.2, 0.25) is 5.91 Å². The van der Waals surface area contributed by atoms with Gasteiger partial charge in [-0.25, -0.2) is 0 Å². The van der Waals surface area contributed by atoms with Crippen LogP contribution >= 0.6 is 0 Å². The standard InChI is InChI=1S/C30H36N2O4/c1-5-23(3)31-30(34)28(19-24-11-7-6-8-12-24)32(20-25-13-9-10-22(2)18-25)29(33)21-36-27-16-14-26(35-4)15-17-27/h6-18,23,28H,5,19-21H2,1-4H3,(H,31,34)/t23-,28-/m0/s1. The molecular weight excluding hydrogens is 452 g/mol. The van der Waals surface area contributed by atoms with Crippen LogP contribution in [0.2, 0.25) is 0 Å². The van der Waals surface area contributed by atoms with Gasteiger partial charge in [0.15, 0.2) is 6.61 Å². The molecule has 3 aromatic rings. The van der Waals surface area contributed by atoms with Crippen LogP contribution in [0.5, 0.6) is 11.5 Å². The van der Waals surface area contributed by atoms with E-state index in [0.29, 0.717) is 24.5 Å². The Balaban J connectivity index is 1.89. The van der Waals surface area contributed by atoms with Gasteiger partial charge < -0.3 is 19.7 Å². The van der Waals surface area contributed by atoms with Crippen LogP contribution in [0.1, 0.15) is 37.0 Å². The number of nitrogens with one attached hydrogen (secondary N) is 1. The molecule has 0 radical (unpaired) electrons. The molecule has 2 amide bonds. The average Bonchev–Trinajstić information content (AvgIpc) is 2.90. The normalized spacial score (nSPS) is 12.3. The van der Waals surface area contributed by atoms with Gasteiger partial charge >= 0.3 is 0 Å². The summed E-state index contributed by atoms with van der Waals surface area (Å²) < 4.78 is 11.0. The topological polar surface area (TPSA) is 67.9 Å². The summed E-state index contributed by atoms with van der Waals surface area (Å²) in [5.41, 5.74) is 3.04. The van der Waals surface area contributed by atoms with E-state index in [1.165, 1.54) is 0 Å². The Kier molecular flexibility index (Phi) is 9.92. The van der Waals surface area contributed by atoms with Crippen LogP contribution in [0.15, 0.2) is 78.9 Å². The van der Waals surface area contributed by atoms with E-state index in [-0.39, 0.29) is 24.5 Å². The molecule has 1 N–H and O–H groups in total. The van der Waals surface area contributed by atoms with E-state index in [4.69, 9.17) is 9.47 Å². The van der Waals surface area contributed by atoms with Crippen LogP contribution in [-0.2, 0) is 22.6 Å². The largest absolute Gasteiger partial charge is 0.497 e. The van der Waals surface area contributed by atoms with E-state index in [9.17, 15) is 9.59 Å². The minimum atomic E-state index is -0.686. The summed E-state index contributed by atoms with van der Waals surface area (Å²) in [6.45, 7) is 6.13. The Morgan fingerprint density at radius 1 is 0.917 bits per heavy atom. The lowest BCUT2D eigenvalue weighted by Gasteiger charge is -2.32. The second-order valence-corrected chi connectivity index (χ2v) is 9.00. The third-order valence-corrected chi connectivity index (χ3v) is 6.13. The molecule has 0 heterocycles. The Bertz CT molecular complexity index is 1120. The first kappa shape index (κ1) is 26.8. The Morgan fingerprint density at radius 3 is 2.22 bits per heavy atom. The van der Waals surface area contributed by atoms with Gasteiger partial charge in [0, 0.05) is 19.0 Å². The summed E-state index contributed by atoms with van der Waals surface area (Å²) >= 11 is 0. The monoisotopic (exact) mass is 488 g/mol. The van der Waals surface area contributed by atoms with E-state index >= 15 is 0 Å². The molecule has 0 spiro atoms. The van der Waals surface area contributed by atoms with Crippen molar-refractivity contribution in [3.8, 4) is 11.5 Å². The lowest BCUT2D eigenvalue weighted by Crippen LogP contribution is -2.53. The predicted molar refractivity (Wildman–Crippen MR) is 142 cm³/mol. The van der Waals surface area contributed by atoms with Crippen molar-refractivity contribution in [1.82, 2.24) is 10.2 Å². The lowest BCUT2D eigenvalue weighted by atomic mass is 10.0. The first-order chi connectivity index (χ1) is 17.4. The molecule has 6 heteroatoms. The average molecular weight is 489 g/mol. The minimum Gasteiger partial charge on any atom is -0.497 e. The Hall–Kier alpha value is -3.80. The maximum absolute atomic E-state index is 13.6. The maximum atomic E-state index is 13.6. The number of carbonyl (C=O) groups is 2. The number of rotatable bonds is 12. The van der Waals surface area contributed by atoms with Gasteiger partial charge in [0.1, 0.15) is 17.5 Å². The molecule has 0 unspecified atom stereocenters. The van der Waals surface area contributed by atoms with Crippen molar-refractivity contribution in [2.45, 2.75) is 52.2 Å². The van der Waals surface area contributed by atoms with Crippen molar-refractivity contribution in [2.75, 3.05) is 13.7 Å². The highest BCUT2D eigenvalue weighted by Gasteiger charge is 2.31. The van der Waals surface area contributed by atoms with Gasteiger partial charge in [-0.05, 0) is 55.7 Å². The lowest BCUT2D eigenvalue weighted by molar-refractivity contribution is -0.143. The molecule has 3 aromatic carbocycles. The third-order valence-electron chi connectivity index (χ3n) is 6.13. The number of amides is 2. The summed E-state index contributed by atoms with van der Waals surface area (Å²) in [7, 11) is 1.60. The van der Waals surface area contributed by atoms with Gasteiger partial charge in [0.05, 0.1) is 7.11 Å². The van der Waals surface area contributed by atoms with Crippen LogP contribution in [0.4, 0.5) is 0 Å². The molecule has 0 aromatic heterocycles. The zero-order valence-electron chi connectivity index (χ0n) is 21.6. The van der Waals surface area contributed by atoms with Crippen molar-refractivity contribution in [3.05, 3.63) is 95.6 Å². The summed E-state index contributed by atoms with van der Waals surface area (Å²) in [5, 5.41) is 3.08. The summed E-state index contributed by atoms with van der Waals surface area (Å²) in [6, 6.07) is 24.2. The summed E-state index contributed by atoms with van der Waals surface area (Å²) in [5.74, 6) is 0.842. The SMILES string of the molecule is CC[C@H](C)NC(=O)[C@H](Cc1ccccc1)N(Cc1cccc(C)c1)C(=O)COc1ccc(OC)cc1. The number of carbonyl (C=O) groups excluding carboxylic acids is 2. The number of nitrogens with zero attached hydrogens (tertiary/aromatic N) is 1. The first-order valence-electron chi connectivity index (χ1n) is 12.4. The van der Waals surface area contributed by atoms with Crippen LogP contribution in [0, 0.1) is 6.92 Å². The third kappa shape index (κ3) is 7.87. The van der Waals surface area contributed by atoms with Crippen molar-refractivity contribution in [1.29, 1.82) is 0 Å². The Labute approximate surface area is 214 Å². The zero-order chi connectivity index (χ0) is 25.9. The van der Waals surface area contributed by atoms with Crippen molar-refractivity contribution in [3.63, 3.8) is 0 Å². The van der Waals surface area contributed by atoms with Crippen molar-refractivity contribution >= 4 is 11.8 Å². The van der Waals surface area contributed by atoms with Gasteiger partial charge in [0.25, 0.3) is 5.91 Å². The second kappa shape index (κ2) is 13.3. The zero-order valence-corrected chi connectivity index (χ0v) is 21.6. The highest BCUT2D eigenvalue weighted by molar-refractivity contribution is 5.88. The molecule has 0 fully saturated rings. The van der Waals surface area contributed by atoms with Gasteiger partial charge in [-0.3, -0.25) is 9.59 Å². The second-order valence-electron chi connectivity index (χ2n) is 9.00. The number of benzene rings is 3. The predicted octanol–water partition coefficient (Wildman–Crippen LogP) is 4.94. The fourth-order valence-corrected chi connectivity index (χ4v) is 3.90. The van der Waals surface area contributed by atoms with E-state index in [1.54, 1.807) is 36.3 Å². The molecular formula is C30H36N2O4. The number of hydrogen-bond acceptors (Lipinski definition) is 4. The minimum absolute atomic E-state index is 0.00208. The Morgan fingerprint density at radius 2 is 1.58 bits per heavy atom. The fraction of sp³-hybridized carbons (Fsp3) is 0.333. The van der Waals surface area contributed by atoms with Crippen LogP contribution in [-0.4, -0.2) is 42.5 Å².